The summed E-state index contributed by atoms with van der Waals surface area (Å²) in [5, 5.41) is 5.16. The number of ether oxygens (including phenoxy) is 2. The van der Waals surface area contributed by atoms with E-state index in [-0.39, 0.29) is 12.1 Å². The highest BCUT2D eigenvalue weighted by Crippen LogP contribution is 2.23. The summed E-state index contributed by atoms with van der Waals surface area (Å²) in [6, 6.07) is 14.2. The molecule has 0 spiro atoms. The summed E-state index contributed by atoms with van der Waals surface area (Å²) in [7, 11) is 1.61. The van der Waals surface area contributed by atoms with Gasteiger partial charge in [0, 0.05) is 13.7 Å². The standard InChI is InChI=1S/C17H20N2O3/c1-21-9-8-18-17(20)19-11-16(12-19)22-15-7-6-13-4-2-3-5-14(13)10-15/h2-7,10,16H,8-9,11-12H2,1H3,(H,18,20). The number of nitrogens with zero attached hydrogens (tertiary/aromatic N) is 1. The van der Waals surface area contributed by atoms with Crippen molar-refractivity contribution in [2.75, 3.05) is 33.4 Å². The SMILES string of the molecule is COCCNC(=O)N1CC(Oc2ccc3ccccc3c2)C1. The molecular formula is C17H20N2O3. The third-order valence-corrected chi connectivity index (χ3v) is 3.74. The lowest BCUT2D eigenvalue weighted by molar-refractivity contribution is 0.0439. The molecule has 5 heteroatoms. The zero-order valence-corrected chi connectivity index (χ0v) is 12.6. The first-order valence-corrected chi connectivity index (χ1v) is 7.43. The van der Waals surface area contributed by atoms with Crippen molar-refractivity contribution in [3.05, 3.63) is 42.5 Å². The summed E-state index contributed by atoms with van der Waals surface area (Å²) in [5.74, 6) is 0.850. The summed E-state index contributed by atoms with van der Waals surface area (Å²) >= 11 is 0. The van der Waals surface area contributed by atoms with Crippen LogP contribution in [0.25, 0.3) is 10.8 Å². The van der Waals surface area contributed by atoms with E-state index < -0.39 is 0 Å². The predicted molar refractivity (Wildman–Crippen MR) is 85.2 cm³/mol. The van der Waals surface area contributed by atoms with Crippen LogP contribution in [-0.4, -0.2) is 50.4 Å². The Kier molecular flexibility index (Phi) is 4.44. The minimum Gasteiger partial charge on any atom is -0.487 e. The number of fused-ring (bicyclic) bond motifs is 1. The van der Waals surface area contributed by atoms with Crippen LogP contribution in [0.3, 0.4) is 0 Å². The molecule has 0 atom stereocenters. The van der Waals surface area contributed by atoms with E-state index in [4.69, 9.17) is 9.47 Å². The number of carbonyl (C=O) groups excluding carboxylic acids is 1. The average molecular weight is 300 g/mol. The van der Waals surface area contributed by atoms with E-state index in [0.29, 0.717) is 26.2 Å². The molecule has 0 aliphatic carbocycles. The first kappa shape index (κ1) is 14.7. The summed E-state index contributed by atoms with van der Waals surface area (Å²) in [5.41, 5.74) is 0. The molecule has 116 valence electrons. The fourth-order valence-corrected chi connectivity index (χ4v) is 2.48. The molecule has 1 heterocycles. The van der Waals surface area contributed by atoms with Gasteiger partial charge in [-0.3, -0.25) is 0 Å². The van der Waals surface area contributed by atoms with Crippen LogP contribution in [-0.2, 0) is 4.74 Å². The van der Waals surface area contributed by atoms with E-state index in [2.05, 4.69) is 23.5 Å². The average Bonchev–Trinajstić information content (AvgIpc) is 2.50. The molecule has 1 aliphatic heterocycles. The predicted octanol–water partition coefficient (Wildman–Crippen LogP) is 2.26. The lowest BCUT2D eigenvalue weighted by Crippen LogP contribution is -2.59. The lowest BCUT2D eigenvalue weighted by Gasteiger charge is -2.38. The van der Waals surface area contributed by atoms with Crippen molar-refractivity contribution in [1.82, 2.24) is 10.2 Å². The van der Waals surface area contributed by atoms with Gasteiger partial charge in [0.05, 0.1) is 19.7 Å². The monoisotopic (exact) mass is 300 g/mol. The van der Waals surface area contributed by atoms with Gasteiger partial charge in [-0.2, -0.15) is 0 Å². The van der Waals surface area contributed by atoms with Gasteiger partial charge in [-0.1, -0.05) is 30.3 Å². The molecule has 22 heavy (non-hydrogen) atoms. The Balaban J connectivity index is 1.49. The van der Waals surface area contributed by atoms with Crippen LogP contribution in [0.15, 0.2) is 42.5 Å². The molecule has 2 aromatic carbocycles. The summed E-state index contributed by atoms with van der Waals surface area (Å²) in [6.45, 7) is 2.29. The van der Waals surface area contributed by atoms with E-state index in [9.17, 15) is 4.79 Å². The molecule has 2 amide bonds. The first-order valence-electron chi connectivity index (χ1n) is 7.43. The second kappa shape index (κ2) is 6.66. The van der Waals surface area contributed by atoms with Crippen LogP contribution >= 0.6 is 0 Å². The van der Waals surface area contributed by atoms with Gasteiger partial charge < -0.3 is 19.7 Å². The third kappa shape index (κ3) is 3.31. The Morgan fingerprint density at radius 2 is 2.00 bits per heavy atom. The summed E-state index contributed by atoms with van der Waals surface area (Å²) < 4.78 is 10.8. The summed E-state index contributed by atoms with van der Waals surface area (Å²) in [4.78, 5) is 13.5. The fraction of sp³-hybridized carbons (Fsp3) is 0.353. The van der Waals surface area contributed by atoms with E-state index in [1.54, 1.807) is 12.0 Å². The molecule has 0 saturated carbocycles. The number of likely N-dealkylation sites (tertiary alicyclic amines) is 1. The van der Waals surface area contributed by atoms with E-state index in [1.807, 2.05) is 24.3 Å². The number of hydrogen-bond acceptors (Lipinski definition) is 3. The molecule has 2 aromatic rings. The van der Waals surface area contributed by atoms with Crippen molar-refractivity contribution in [3.63, 3.8) is 0 Å². The lowest BCUT2D eigenvalue weighted by atomic mass is 10.1. The van der Waals surface area contributed by atoms with E-state index in [0.717, 1.165) is 11.1 Å². The van der Waals surface area contributed by atoms with Crippen LogP contribution in [0.5, 0.6) is 5.75 Å². The Morgan fingerprint density at radius 1 is 1.23 bits per heavy atom. The Morgan fingerprint density at radius 3 is 2.77 bits per heavy atom. The molecule has 1 saturated heterocycles. The quantitative estimate of drug-likeness (QED) is 0.862. The maximum absolute atomic E-state index is 11.8. The van der Waals surface area contributed by atoms with Gasteiger partial charge in [0.1, 0.15) is 11.9 Å². The zero-order chi connectivity index (χ0) is 15.4. The van der Waals surface area contributed by atoms with Crippen LogP contribution in [0.1, 0.15) is 0 Å². The molecule has 0 bridgehead atoms. The van der Waals surface area contributed by atoms with Crippen molar-refractivity contribution >= 4 is 16.8 Å². The number of amides is 2. The number of carbonyl (C=O) groups is 1. The number of hydrogen-bond donors (Lipinski definition) is 1. The third-order valence-electron chi connectivity index (χ3n) is 3.74. The van der Waals surface area contributed by atoms with Gasteiger partial charge in [-0.05, 0) is 22.9 Å². The second-order valence-electron chi connectivity index (χ2n) is 5.38. The highest BCUT2D eigenvalue weighted by Gasteiger charge is 2.32. The normalized spacial score (nSPS) is 14.7. The molecule has 5 nitrogen and oxygen atoms in total. The van der Waals surface area contributed by atoms with Crippen molar-refractivity contribution in [2.45, 2.75) is 6.10 Å². The van der Waals surface area contributed by atoms with Crippen LogP contribution in [0, 0.1) is 0 Å². The Labute approximate surface area is 129 Å². The molecule has 1 aliphatic rings. The second-order valence-corrected chi connectivity index (χ2v) is 5.38. The van der Waals surface area contributed by atoms with Crippen LogP contribution in [0.2, 0.25) is 0 Å². The first-order chi connectivity index (χ1) is 10.8. The number of rotatable bonds is 5. The largest absolute Gasteiger partial charge is 0.487 e. The van der Waals surface area contributed by atoms with Gasteiger partial charge in [0.2, 0.25) is 0 Å². The van der Waals surface area contributed by atoms with Gasteiger partial charge in [0.15, 0.2) is 0 Å². The zero-order valence-electron chi connectivity index (χ0n) is 12.6. The number of urea groups is 1. The van der Waals surface area contributed by atoms with Gasteiger partial charge in [-0.15, -0.1) is 0 Å². The Bertz CT molecular complexity index is 653. The van der Waals surface area contributed by atoms with Crippen molar-refractivity contribution in [3.8, 4) is 5.75 Å². The van der Waals surface area contributed by atoms with Crippen molar-refractivity contribution in [2.24, 2.45) is 0 Å². The van der Waals surface area contributed by atoms with E-state index >= 15 is 0 Å². The highest BCUT2D eigenvalue weighted by molar-refractivity contribution is 5.83. The Hall–Kier alpha value is -2.27. The molecular weight excluding hydrogens is 280 g/mol. The number of benzene rings is 2. The minimum atomic E-state index is -0.0598. The molecule has 1 N–H and O–H groups in total. The number of methoxy groups -OCH3 is 1. The topological polar surface area (TPSA) is 50.8 Å². The minimum absolute atomic E-state index is 0.0598. The molecule has 0 aromatic heterocycles. The van der Waals surface area contributed by atoms with Crippen molar-refractivity contribution in [1.29, 1.82) is 0 Å². The maximum atomic E-state index is 11.8. The maximum Gasteiger partial charge on any atom is 0.317 e. The smallest absolute Gasteiger partial charge is 0.317 e. The molecule has 1 fully saturated rings. The van der Waals surface area contributed by atoms with Gasteiger partial charge in [-0.25, -0.2) is 4.79 Å². The molecule has 0 radical (unpaired) electrons. The molecule has 0 unspecified atom stereocenters. The summed E-state index contributed by atoms with van der Waals surface area (Å²) in [6.07, 6.45) is 0.0642. The molecule has 3 rings (SSSR count). The fourth-order valence-electron chi connectivity index (χ4n) is 2.48. The van der Waals surface area contributed by atoms with Crippen molar-refractivity contribution < 1.29 is 14.3 Å². The van der Waals surface area contributed by atoms with E-state index in [1.165, 1.54) is 5.39 Å². The van der Waals surface area contributed by atoms with Crippen LogP contribution in [0.4, 0.5) is 4.79 Å². The van der Waals surface area contributed by atoms with Gasteiger partial charge in [0.25, 0.3) is 0 Å². The highest BCUT2D eigenvalue weighted by atomic mass is 16.5. The van der Waals surface area contributed by atoms with Crippen LogP contribution < -0.4 is 10.1 Å². The number of nitrogens with one attached hydrogen (secondary N) is 1. The van der Waals surface area contributed by atoms with Gasteiger partial charge >= 0.3 is 6.03 Å².